The summed E-state index contributed by atoms with van der Waals surface area (Å²) in [7, 11) is 0. The first-order valence-corrected chi connectivity index (χ1v) is 7.03. The van der Waals surface area contributed by atoms with Gasteiger partial charge in [-0.15, -0.1) is 0 Å². The van der Waals surface area contributed by atoms with Gasteiger partial charge in [0.1, 0.15) is 12.4 Å². The van der Waals surface area contributed by atoms with Crippen LogP contribution in [0.3, 0.4) is 0 Å². The number of rotatable bonds is 4. The van der Waals surface area contributed by atoms with Crippen molar-refractivity contribution in [2.75, 3.05) is 45.1 Å². The van der Waals surface area contributed by atoms with E-state index in [2.05, 4.69) is 15.2 Å². The van der Waals surface area contributed by atoms with E-state index < -0.39 is 0 Å². The maximum atomic E-state index is 5.91. The Morgan fingerprint density at radius 3 is 2.95 bits per heavy atom. The number of aromatic nitrogens is 1. The van der Waals surface area contributed by atoms with Gasteiger partial charge in [0.25, 0.3) is 0 Å². The summed E-state index contributed by atoms with van der Waals surface area (Å²) in [5.41, 5.74) is 7.54. The van der Waals surface area contributed by atoms with Gasteiger partial charge in [0.05, 0.1) is 5.52 Å². The number of anilines is 1. The van der Waals surface area contributed by atoms with Crippen LogP contribution in [-0.2, 0) is 0 Å². The summed E-state index contributed by atoms with van der Waals surface area (Å²) < 4.78 is 5.81. The lowest BCUT2D eigenvalue weighted by Gasteiger charge is -2.26. The molecule has 1 aromatic heterocycles. The van der Waals surface area contributed by atoms with Crippen LogP contribution in [0, 0.1) is 0 Å². The Hall–Kier alpha value is -1.85. The highest BCUT2D eigenvalue weighted by molar-refractivity contribution is 5.90. The van der Waals surface area contributed by atoms with Gasteiger partial charge < -0.3 is 15.8 Å². The predicted molar refractivity (Wildman–Crippen MR) is 81.0 cm³/mol. The van der Waals surface area contributed by atoms with Gasteiger partial charge >= 0.3 is 0 Å². The van der Waals surface area contributed by atoms with Crippen molar-refractivity contribution in [3.05, 3.63) is 30.5 Å². The zero-order valence-corrected chi connectivity index (χ0v) is 11.5. The van der Waals surface area contributed by atoms with E-state index in [9.17, 15) is 0 Å². The third kappa shape index (κ3) is 3.00. The van der Waals surface area contributed by atoms with Gasteiger partial charge in [-0.3, -0.25) is 9.88 Å². The Morgan fingerprint density at radius 1 is 1.25 bits per heavy atom. The van der Waals surface area contributed by atoms with E-state index in [0.717, 1.165) is 55.1 Å². The molecule has 0 aliphatic carbocycles. The second kappa shape index (κ2) is 6.07. The van der Waals surface area contributed by atoms with Crippen molar-refractivity contribution < 1.29 is 4.74 Å². The fourth-order valence-electron chi connectivity index (χ4n) is 2.47. The molecule has 1 saturated heterocycles. The van der Waals surface area contributed by atoms with E-state index in [1.54, 1.807) is 6.20 Å². The molecule has 1 aliphatic rings. The van der Waals surface area contributed by atoms with Crippen molar-refractivity contribution in [2.45, 2.75) is 0 Å². The monoisotopic (exact) mass is 272 g/mol. The van der Waals surface area contributed by atoms with Gasteiger partial charge in [-0.2, -0.15) is 0 Å². The molecule has 0 saturated carbocycles. The summed E-state index contributed by atoms with van der Waals surface area (Å²) >= 11 is 0. The molecule has 5 nitrogen and oxygen atoms in total. The largest absolute Gasteiger partial charge is 0.492 e. The molecular weight excluding hydrogens is 252 g/mol. The summed E-state index contributed by atoms with van der Waals surface area (Å²) in [6.07, 6.45) is 1.72. The highest BCUT2D eigenvalue weighted by Crippen LogP contribution is 2.23. The molecule has 3 N–H and O–H groups in total. The van der Waals surface area contributed by atoms with E-state index in [1.807, 2.05) is 24.3 Å². The van der Waals surface area contributed by atoms with Crippen molar-refractivity contribution in [1.29, 1.82) is 0 Å². The Morgan fingerprint density at radius 2 is 2.10 bits per heavy atom. The fraction of sp³-hybridized carbons (Fsp3) is 0.400. The molecular formula is C15H20N4O. The van der Waals surface area contributed by atoms with Crippen LogP contribution in [0.15, 0.2) is 30.5 Å². The van der Waals surface area contributed by atoms with Crippen LogP contribution < -0.4 is 15.8 Å². The number of nitrogen functional groups attached to an aromatic ring is 1. The first kappa shape index (κ1) is 13.1. The van der Waals surface area contributed by atoms with Crippen molar-refractivity contribution in [3.63, 3.8) is 0 Å². The Labute approximate surface area is 118 Å². The van der Waals surface area contributed by atoms with Gasteiger partial charge in [-0.1, -0.05) is 0 Å². The lowest BCUT2D eigenvalue weighted by molar-refractivity contribution is 0.191. The zero-order chi connectivity index (χ0) is 13.8. The Bertz CT molecular complexity index is 581. The Kier molecular flexibility index (Phi) is 3.99. The molecule has 3 rings (SSSR count). The maximum Gasteiger partial charge on any atom is 0.121 e. The number of ether oxygens (including phenoxy) is 1. The fourth-order valence-corrected chi connectivity index (χ4v) is 2.47. The van der Waals surface area contributed by atoms with Crippen LogP contribution in [0.5, 0.6) is 5.75 Å². The van der Waals surface area contributed by atoms with Crippen LogP contribution in [-0.4, -0.2) is 49.2 Å². The van der Waals surface area contributed by atoms with E-state index in [4.69, 9.17) is 10.5 Å². The second-order valence-corrected chi connectivity index (χ2v) is 5.02. The molecule has 2 heterocycles. The molecule has 1 aliphatic heterocycles. The lowest BCUT2D eigenvalue weighted by atomic mass is 10.2. The molecule has 5 heteroatoms. The SMILES string of the molecule is Nc1ccnc2cc(OCCN3CCNCC3)ccc12. The molecule has 20 heavy (non-hydrogen) atoms. The van der Waals surface area contributed by atoms with Crippen molar-refractivity contribution in [3.8, 4) is 5.75 Å². The number of nitrogens with zero attached hydrogens (tertiary/aromatic N) is 2. The molecule has 2 aromatic rings. The number of nitrogens with one attached hydrogen (secondary N) is 1. The van der Waals surface area contributed by atoms with Crippen molar-refractivity contribution >= 4 is 16.6 Å². The third-order valence-corrected chi connectivity index (χ3v) is 3.63. The minimum absolute atomic E-state index is 0.702. The third-order valence-electron chi connectivity index (χ3n) is 3.63. The average molecular weight is 272 g/mol. The van der Waals surface area contributed by atoms with Gasteiger partial charge in [0.2, 0.25) is 0 Å². The van der Waals surface area contributed by atoms with Gasteiger partial charge in [-0.05, 0) is 18.2 Å². The highest BCUT2D eigenvalue weighted by Gasteiger charge is 2.09. The maximum absolute atomic E-state index is 5.91. The van der Waals surface area contributed by atoms with Crippen LogP contribution in [0.1, 0.15) is 0 Å². The highest BCUT2D eigenvalue weighted by atomic mass is 16.5. The summed E-state index contributed by atoms with van der Waals surface area (Å²) in [5.74, 6) is 0.853. The van der Waals surface area contributed by atoms with E-state index in [1.165, 1.54) is 0 Å². The smallest absolute Gasteiger partial charge is 0.121 e. The number of hydrogen-bond donors (Lipinski definition) is 2. The molecule has 0 spiro atoms. The number of benzene rings is 1. The minimum Gasteiger partial charge on any atom is -0.492 e. The Balaban J connectivity index is 1.60. The van der Waals surface area contributed by atoms with E-state index in [0.29, 0.717) is 6.61 Å². The molecule has 0 unspecified atom stereocenters. The first-order chi connectivity index (χ1) is 9.83. The zero-order valence-electron chi connectivity index (χ0n) is 11.5. The van der Waals surface area contributed by atoms with Gasteiger partial charge in [0.15, 0.2) is 0 Å². The standard InChI is InChI=1S/C15H20N4O/c16-14-3-4-18-15-11-12(1-2-13(14)15)20-10-9-19-7-5-17-6-8-19/h1-4,11,17H,5-10H2,(H2,16,18). The summed E-state index contributed by atoms with van der Waals surface area (Å²) in [4.78, 5) is 6.73. The molecule has 1 fully saturated rings. The number of pyridine rings is 1. The summed E-state index contributed by atoms with van der Waals surface area (Å²) in [6, 6.07) is 7.69. The quantitative estimate of drug-likeness (QED) is 0.872. The number of hydrogen-bond acceptors (Lipinski definition) is 5. The van der Waals surface area contributed by atoms with E-state index >= 15 is 0 Å². The molecule has 0 amide bonds. The molecule has 0 radical (unpaired) electrons. The van der Waals surface area contributed by atoms with Gasteiger partial charge in [-0.25, -0.2) is 0 Å². The van der Waals surface area contributed by atoms with Crippen molar-refractivity contribution in [2.24, 2.45) is 0 Å². The van der Waals surface area contributed by atoms with Crippen molar-refractivity contribution in [1.82, 2.24) is 15.2 Å². The summed E-state index contributed by atoms with van der Waals surface area (Å²) in [6.45, 7) is 5.99. The second-order valence-electron chi connectivity index (χ2n) is 5.02. The van der Waals surface area contributed by atoms with Crippen LogP contribution >= 0.6 is 0 Å². The topological polar surface area (TPSA) is 63.4 Å². The average Bonchev–Trinajstić information content (AvgIpc) is 2.48. The van der Waals surface area contributed by atoms with E-state index in [-0.39, 0.29) is 0 Å². The first-order valence-electron chi connectivity index (χ1n) is 7.03. The van der Waals surface area contributed by atoms with Crippen LogP contribution in [0.25, 0.3) is 10.9 Å². The lowest BCUT2D eigenvalue weighted by Crippen LogP contribution is -2.44. The summed E-state index contributed by atoms with van der Waals surface area (Å²) in [5, 5.41) is 4.32. The minimum atomic E-state index is 0.702. The van der Waals surface area contributed by atoms with Crippen LogP contribution in [0.4, 0.5) is 5.69 Å². The van der Waals surface area contributed by atoms with Gasteiger partial charge in [0, 0.05) is 56.1 Å². The number of nitrogens with two attached hydrogens (primary N) is 1. The molecule has 106 valence electrons. The predicted octanol–water partition coefficient (Wildman–Crippen LogP) is 1.10. The normalized spacial score (nSPS) is 16.4. The molecule has 0 bridgehead atoms. The molecule has 1 aromatic carbocycles. The number of fused-ring (bicyclic) bond motifs is 1. The molecule has 0 atom stereocenters. The number of piperazine rings is 1. The van der Waals surface area contributed by atoms with Crippen LogP contribution in [0.2, 0.25) is 0 Å².